The average molecular weight is 320 g/mol. The van der Waals surface area contributed by atoms with Gasteiger partial charge in [0.2, 0.25) is 11.7 Å². The third-order valence-electron chi connectivity index (χ3n) is 4.45. The molecular formula is C19H20N4O. The first kappa shape index (κ1) is 14.8. The monoisotopic (exact) mass is 320 g/mol. The molecule has 0 aliphatic carbocycles. The number of nitrogen functional groups attached to an aromatic ring is 1. The summed E-state index contributed by atoms with van der Waals surface area (Å²) in [7, 11) is 0. The van der Waals surface area contributed by atoms with Crippen LogP contribution in [0.25, 0.3) is 11.4 Å². The lowest BCUT2D eigenvalue weighted by Crippen LogP contribution is -2.29. The number of fused-ring (bicyclic) bond motifs is 1. The van der Waals surface area contributed by atoms with Gasteiger partial charge in [0.25, 0.3) is 0 Å². The predicted octanol–water partition coefficient (Wildman–Crippen LogP) is 3.58. The predicted molar refractivity (Wildman–Crippen MR) is 94.7 cm³/mol. The minimum Gasteiger partial charge on any atom is -0.398 e. The number of anilines is 2. The number of nitrogens with two attached hydrogens (primary N) is 1. The Morgan fingerprint density at radius 3 is 2.96 bits per heavy atom. The van der Waals surface area contributed by atoms with Gasteiger partial charge in [0.05, 0.1) is 6.54 Å². The molecule has 0 fully saturated rings. The molecule has 1 aliphatic heterocycles. The van der Waals surface area contributed by atoms with Gasteiger partial charge in [0.15, 0.2) is 0 Å². The Labute approximate surface area is 141 Å². The average Bonchev–Trinajstić information content (AvgIpc) is 3.05. The number of aromatic nitrogens is 2. The van der Waals surface area contributed by atoms with E-state index in [0.717, 1.165) is 30.6 Å². The highest BCUT2D eigenvalue weighted by atomic mass is 16.5. The Kier molecular flexibility index (Phi) is 3.69. The summed E-state index contributed by atoms with van der Waals surface area (Å²) < 4.78 is 5.47. The molecule has 0 saturated carbocycles. The van der Waals surface area contributed by atoms with Gasteiger partial charge in [-0.3, -0.25) is 0 Å². The highest BCUT2D eigenvalue weighted by molar-refractivity contribution is 5.66. The lowest BCUT2D eigenvalue weighted by Gasteiger charge is -2.30. The number of benzene rings is 2. The third-order valence-corrected chi connectivity index (χ3v) is 4.45. The van der Waals surface area contributed by atoms with Gasteiger partial charge in [-0.25, -0.2) is 0 Å². The van der Waals surface area contributed by atoms with Crippen LogP contribution in [0.5, 0.6) is 0 Å². The third kappa shape index (κ3) is 2.73. The molecule has 2 heterocycles. The van der Waals surface area contributed by atoms with Gasteiger partial charge < -0.3 is 15.2 Å². The van der Waals surface area contributed by atoms with E-state index >= 15 is 0 Å². The van der Waals surface area contributed by atoms with Crippen LogP contribution in [-0.2, 0) is 13.0 Å². The summed E-state index contributed by atoms with van der Waals surface area (Å²) in [5.74, 6) is 1.26. The molecule has 0 unspecified atom stereocenters. The second kappa shape index (κ2) is 6.00. The number of nitrogens with zero attached hydrogens (tertiary/aromatic N) is 3. The van der Waals surface area contributed by atoms with Crippen molar-refractivity contribution in [2.24, 2.45) is 0 Å². The fourth-order valence-corrected chi connectivity index (χ4v) is 3.28. The standard InChI is InChI=1S/C19H20N4O/c1-13-5-2-6-14(11-13)19-21-18(24-22-19)12-23-10-4-7-15-16(20)8-3-9-17(15)23/h2-3,5-6,8-9,11H,4,7,10,12,20H2,1H3. The minimum absolute atomic E-state index is 0.606. The first-order valence-corrected chi connectivity index (χ1v) is 8.22. The van der Waals surface area contributed by atoms with Gasteiger partial charge >= 0.3 is 0 Å². The van der Waals surface area contributed by atoms with Gasteiger partial charge in [-0.2, -0.15) is 4.98 Å². The molecule has 0 amide bonds. The van der Waals surface area contributed by atoms with Gasteiger partial charge in [0, 0.05) is 23.5 Å². The Morgan fingerprint density at radius 2 is 2.08 bits per heavy atom. The van der Waals surface area contributed by atoms with E-state index in [1.54, 1.807) is 0 Å². The van der Waals surface area contributed by atoms with Crippen molar-refractivity contribution >= 4 is 11.4 Å². The number of hydrogen-bond donors (Lipinski definition) is 1. The van der Waals surface area contributed by atoms with Gasteiger partial charge in [0.1, 0.15) is 0 Å². The van der Waals surface area contributed by atoms with Crippen LogP contribution in [0.15, 0.2) is 47.0 Å². The van der Waals surface area contributed by atoms with Crippen molar-refractivity contribution in [1.82, 2.24) is 10.1 Å². The largest absolute Gasteiger partial charge is 0.398 e. The van der Waals surface area contributed by atoms with Crippen LogP contribution in [-0.4, -0.2) is 16.7 Å². The fraction of sp³-hybridized carbons (Fsp3) is 0.263. The van der Waals surface area contributed by atoms with Crippen molar-refractivity contribution in [1.29, 1.82) is 0 Å². The van der Waals surface area contributed by atoms with Crippen molar-refractivity contribution in [2.45, 2.75) is 26.3 Å². The van der Waals surface area contributed by atoms with Crippen LogP contribution < -0.4 is 10.6 Å². The van der Waals surface area contributed by atoms with Crippen LogP contribution in [0.4, 0.5) is 11.4 Å². The molecule has 0 radical (unpaired) electrons. The second-order valence-electron chi connectivity index (χ2n) is 6.25. The van der Waals surface area contributed by atoms with Gasteiger partial charge in [-0.15, -0.1) is 0 Å². The van der Waals surface area contributed by atoms with Gasteiger partial charge in [-0.1, -0.05) is 35.0 Å². The van der Waals surface area contributed by atoms with Crippen molar-refractivity contribution in [2.75, 3.05) is 17.2 Å². The summed E-state index contributed by atoms with van der Waals surface area (Å²) in [6.07, 6.45) is 2.11. The quantitative estimate of drug-likeness (QED) is 0.747. The smallest absolute Gasteiger partial charge is 0.246 e. The van der Waals surface area contributed by atoms with Crippen LogP contribution in [0.2, 0.25) is 0 Å². The minimum atomic E-state index is 0.606. The first-order valence-electron chi connectivity index (χ1n) is 8.22. The zero-order valence-electron chi connectivity index (χ0n) is 13.7. The van der Waals surface area contributed by atoms with E-state index in [2.05, 4.69) is 40.2 Å². The molecular weight excluding hydrogens is 300 g/mol. The van der Waals surface area contributed by atoms with E-state index < -0.39 is 0 Å². The fourth-order valence-electron chi connectivity index (χ4n) is 3.28. The van der Waals surface area contributed by atoms with E-state index in [-0.39, 0.29) is 0 Å². The Bertz CT molecular complexity index is 871. The van der Waals surface area contributed by atoms with Crippen LogP contribution in [0.3, 0.4) is 0 Å². The van der Waals surface area contributed by atoms with Crippen molar-refractivity contribution in [3.8, 4) is 11.4 Å². The summed E-state index contributed by atoms with van der Waals surface area (Å²) >= 11 is 0. The number of aryl methyl sites for hydroxylation is 1. The maximum Gasteiger partial charge on any atom is 0.246 e. The van der Waals surface area contributed by atoms with E-state index in [0.29, 0.717) is 18.3 Å². The zero-order chi connectivity index (χ0) is 16.5. The van der Waals surface area contributed by atoms with Crippen LogP contribution >= 0.6 is 0 Å². The maximum atomic E-state index is 6.11. The highest BCUT2D eigenvalue weighted by Gasteiger charge is 2.21. The lowest BCUT2D eigenvalue weighted by atomic mass is 10.00. The second-order valence-corrected chi connectivity index (χ2v) is 6.25. The van der Waals surface area contributed by atoms with Gasteiger partial charge in [-0.05, 0) is 43.5 Å². The number of rotatable bonds is 3. The summed E-state index contributed by atoms with van der Waals surface area (Å²) in [6, 6.07) is 14.2. The van der Waals surface area contributed by atoms with Crippen molar-refractivity contribution < 1.29 is 4.52 Å². The zero-order valence-corrected chi connectivity index (χ0v) is 13.7. The summed E-state index contributed by atoms with van der Waals surface area (Å²) in [5.41, 5.74) is 11.5. The summed E-state index contributed by atoms with van der Waals surface area (Å²) in [6.45, 7) is 3.63. The highest BCUT2D eigenvalue weighted by Crippen LogP contribution is 2.32. The molecule has 2 aromatic carbocycles. The molecule has 24 heavy (non-hydrogen) atoms. The molecule has 3 aromatic rings. The lowest BCUT2D eigenvalue weighted by molar-refractivity contribution is 0.375. The molecule has 1 aromatic heterocycles. The topological polar surface area (TPSA) is 68.2 Å². The summed E-state index contributed by atoms with van der Waals surface area (Å²) in [5, 5.41) is 4.13. The summed E-state index contributed by atoms with van der Waals surface area (Å²) in [4.78, 5) is 6.83. The maximum absolute atomic E-state index is 6.11. The Balaban J connectivity index is 1.59. The van der Waals surface area contributed by atoms with Crippen molar-refractivity contribution in [3.63, 3.8) is 0 Å². The molecule has 0 spiro atoms. The van der Waals surface area contributed by atoms with Crippen LogP contribution in [0.1, 0.15) is 23.4 Å². The molecule has 5 nitrogen and oxygen atoms in total. The molecule has 5 heteroatoms. The molecule has 0 bridgehead atoms. The normalized spacial score (nSPS) is 13.8. The number of hydrogen-bond acceptors (Lipinski definition) is 5. The molecule has 0 atom stereocenters. The van der Waals surface area contributed by atoms with E-state index in [4.69, 9.17) is 10.3 Å². The Morgan fingerprint density at radius 1 is 1.21 bits per heavy atom. The van der Waals surface area contributed by atoms with E-state index in [9.17, 15) is 0 Å². The SMILES string of the molecule is Cc1cccc(-c2noc(CN3CCCc4c(N)cccc43)n2)c1. The van der Waals surface area contributed by atoms with E-state index in [1.165, 1.54) is 16.8 Å². The Hall–Kier alpha value is -2.82. The molecule has 0 saturated heterocycles. The molecule has 122 valence electrons. The molecule has 1 aliphatic rings. The van der Waals surface area contributed by atoms with Crippen molar-refractivity contribution in [3.05, 3.63) is 59.5 Å². The first-order chi connectivity index (χ1) is 11.7. The molecule has 2 N–H and O–H groups in total. The van der Waals surface area contributed by atoms with E-state index in [1.807, 2.05) is 24.3 Å². The molecule has 4 rings (SSSR count). The van der Waals surface area contributed by atoms with Crippen LogP contribution in [0, 0.1) is 6.92 Å².